The molecule has 0 radical (unpaired) electrons. The topological polar surface area (TPSA) is 71.5 Å². The number of aromatic nitrogens is 4. The van der Waals surface area contributed by atoms with Crippen molar-refractivity contribution in [2.24, 2.45) is 0 Å². The first-order chi connectivity index (χ1) is 5.38. The average molecular weight is 148 g/mol. The maximum atomic E-state index is 11.0. The van der Waals surface area contributed by atoms with Crippen LogP contribution in [0.5, 0.6) is 0 Å². The lowest BCUT2D eigenvalue weighted by atomic mass is 10.4. The van der Waals surface area contributed by atoms with Gasteiger partial charge in [0.05, 0.1) is 18.0 Å². The van der Waals surface area contributed by atoms with E-state index in [9.17, 15) is 4.79 Å². The Morgan fingerprint density at radius 3 is 3.18 bits per heavy atom. The van der Waals surface area contributed by atoms with E-state index in [1.807, 2.05) is 0 Å². The lowest BCUT2D eigenvalue weighted by Gasteiger charge is -1.89. The second kappa shape index (κ2) is 2.12. The molecule has 0 atom stereocenters. The number of H-pyrrole nitrogens is 1. The fourth-order valence-electron chi connectivity index (χ4n) is 0.820. The Balaban J connectivity index is 3.03. The zero-order valence-corrected chi connectivity index (χ0v) is 5.48. The first kappa shape index (κ1) is 5.96. The number of aromatic amines is 1. The monoisotopic (exact) mass is 148 g/mol. The summed E-state index contributed by atoms with van der Waals surface area (Å²) in [5.74, 6) is 0. The van der Waals surface area contributed by atoms with E-state index in [0.29, 0.717) is 5.52 Å². The van der Waals surface area contributed by atoms with Gasteiger partial charge in [-0.3, -0.25) is 4.79 Å². The van der Waals surface area contributed by atoms with Gasteiger partial charge in [0.25, 0.3) is 5.56 Å². The summed E-state index contributed by atoms with van der Waals surface area (Å²) in [6, 6.07) is 1.64. The molecule has 0 unspecified atom stereocenters. The molecule has 5 nitrogen and oxygen atoms in total. The van der Waals surface area contributed by atoms with E-state index in [2.05, 4.69) is 20.2 Å². The van der Waals surface area contributed by atoms with Crippen molar-refractivity contribution >= 4 is 11.0 Å². The summed E-state index contributed by atoms with van der Waals surface area (Å²) in [5.41, 5.74) is 0.571. The minimum atomic E-state index is -0.261. The molecule has 0 aliphatic rings. The predicted octanol–water partition coefficient (Wildman–Crippen LogP) is -0.287. The molecule has 0 amide bonds. The Morgan fingerprint density at radius 2 is 2.36 bits per heavy atom. The van der Waals surface area contributed by atoms with E-state index in [-0.39, 0.29) is 11.1 Å². The van der Waals surface area contributed by atoms with E-state index < -0.39 is 0 Å². The molecule has 5 heteroatoms. The van der Waals surface area contributed by atoms with Crippen LogP contribution in [0.3, 0.4) is 0 Å². The molecule has 11 heavy (non-hydrogen) atoms. The van der Waals surface area contributed by atoms with Crippen molar-refractivity contribution in [1.82, 2.24) is 20.2 Å². The molecule has 54 valence electrons. The van der Waals surface area contributed by atoms with Gasteiger partial charge in [0, 0.05) is 0 Å². The van der Waals surface area contributed by atoms with E-state index in [1.54, 1.807) is 6.07 Å². The van der Waals surface area contributed by atoms with E-state index in [1.165, 1.54) is 12.5 Å². The number of hydrogen-bond acceptors (Lipinski definition) is 4. The summed E-state index contributed by atoms with van der Waals surface area (Å²) in [6.45, 7) is 0. The Kier molecular flexibility index (Phi) is 1.15. The Labute approximate surface area is 61.1 Å². The van der Waals surface area contributed by atoms with E-state index in [0.717, 1.165) is 0 Å². The third-order valence-corrected chi connectivity index (χ3v) is 1.31. The van der Waals surface area contributed by atoms with Gasteiger partial charge in [0.2, 0.25) is 0 Å². The SMILES string of the molecule is O=c1[nH]cnc2ccnnc12. The lowest BCUT2D eigenvalue weighted by molar-refractivity contribution is 1.04. The summed E-state index contributed by atoms with van der Waals surface area (Å²) < 4.78 is 0. The van der Waals surface area contributed by atoms with Crippen LogP contribution in [0.4, 0.5) is 0 Å². The molecule has 2 rings (SSSR count). The van der Waals surface area contributed by atoms with Crippen LogP contribution in [-0.4, -0.2) is 20.2 Å². The second-order valence-corrected chi connectivity index (χ2v) is 2.00. The highest BCUT2D eigenvalue weighted by molar-refractivity contribution is 5.70. The Hall–Kier alpha value is -1.78. The molecule has 0 aliphatic carbocycles. The molecule has 0 saturated carbocycles. The first-order valence-corrected chi connectivity index (χ1v) is 3.03. The van der Waals surface area contributed by atoms with Gasteiger partial charge in [0.15, 0.2) is 5.52 Å². The molecule has 2 aromatic heterocycles. The van der Waals surface area contributed by atoms with Crippen molar-refractivity contribution in [3.63, 3.8) is 0 Å². The van der Waals surface area contributed by atoms with Crippen LogP contribution in [-0.2, 0) is 0 Å². The van der Waals surface area contributed by atoms with Crippen LogP contribution in [0.1, 0.15) is 0 Å². The summed E-state index contributed by atoms with van der Waals surface area (Å²) in [5, 5.41) is 7.19. The molecule has 0 aromatic carbocycles. The maximum Gasteiger partial charge on any atom is 0.279 e. The highest BCUT2D eigenvalue weighted by Gasteiger charge is 1.97. The van der Waals surface area contributed by atoms with Gasteiger partial charge in [-0.15, -0.1) is 5.10 Å². The van der Waals surface area contributed by atoms with Crippen molar-refractivity contribution in [1.29, 1.82) is 0 Å². The van der Waals surface area contributed by atoms with Crippen molar-refractivity contribution < 1.29 is 0 Å². The number of nitrogens with one attached hydrogen (secondary N) is 1. The van der Waals surface area contributed by atoms with Crippen LogP contribution < -0.4 is 5.56 Å². The molecule has 0 fully saturated rings. The Morgan fingerprint density at radius 1 is 1.45 bits per heavy atom. The Bertz CT molecular complexity index is 430. The normalized spacial score (nSPS) is 10.2. The van der Waals surface area contributed by atoms with Crippen molar-refractivity contribution in [2.45, 2.75) is 0 Å². The number of nitrogens with zero attached hydrogens (tertiary/aromatic N) is 3. The largest absolute Gasteiger partial charge is 0.311 e. The van der Waals surface area contributed by atoms with E-state index >= 15 is 0 Å². The zero-order valence-electron chi connectivity index (χ0n) is 5.48. The van der Waals surface area contributed by atoms with Crippen LogP contribution >= 0.6 is 0 Å². The van der Waals surface area contributed by atoms with Crippen molar-refractivity contribution in [3.05, 3.63) is 28.9 Å². The smallest absolute Gasteiger partial charge is 0.279 e. The highest BCUT2D eigenvalue weighted by atomic mass is 16.1. The summed E-state index contributed by atoms with van der Waals surface area (Å²) in [6.07, 6.45) is 2.83. The summed E-state index contributed by atoms with van der Waals surface area (Å²) in [7, 11) is 0. The third kappa shape index (κ3) is 0.861. The first-order valence-electron chi connectivity index (χ1n) is 3.03. The average Bonchev–Trinajstić information content (AvgIpc) is 2.06. The van der Waals surface area contributed by atoms with Gasteiger partial charge < -0.3 is 4.98 Å². The lowest BCUT2D eigenvalue weighted by Crippen LogP contribution is -2.08. The second-order valence-electron chi connectivity index (χ2n) is 2.00. The fraction of sp³-hybridized carbons (Fsp3) is 0. The van der Waals surface area contributed by atoms with Gasteiger partial charge in [-0.1, -0.05) is 0 Å². The zero-order chi connectivity index (χ0) is 7.68. The minimum Gasteiger partial charge on any atom is -0.311 e. The van der Waals surface area contributed by atoms with Crippen LogP contribution in [0.2, 0.25) is 0 Å². The van der Waals surface area contributed by atoms with E-state index in [4.69, 9.17) is 0 Å². The molecule has 2 heterocycles. The minimum absolute atomic E-state index is 0.261. The number of rotatable bonds is 0. The van der Waals surface area contributed by atoms with Crippen molar-refractivity contribution in [2.75, 3.05) is 0 Å². The molecule has 1 N–H and O–H groups in total. The van der Waals surface area contributed by atoms with Crippen LogP contribution in [0.15, 0.2) is 23.4 Å². The summed E-state index contributed by atoms with van der Waals surface area (Å²) >= 11 is 0. The van der Waals surface area contributed by atoms with Gasteiger partial charge in [-0.05, 0) is 6.07 Å². The quantitative estimate of drug-likeness (QED) is 0.557. The van der Waals surface area contributed by atoms with Gasteiger partial charge in [-0.25, -0.2) is 4.98 Å². The molecule has 0 aliphatic heterocycles. The maximum absolute atomic E-state index is 11.0. The molecule has 0 bridgehead atoms. The molecular formula is C6H4N4O. The molecular weight excluding hydrogens is 144 g/mol. The predicted molar refractivity (Wildman–Crippen MR) is 38.0 cm³/mol. The number of hydrogen-bond donors (Lipinski definition) is 1. The summed E-state index contributed by atoms with van der Waals surface area (Å²) in [4.78, 5) is 17.3. The van der Waals surface area contributed by atoms with Gasteiger partial charge >= 0.3 is 0 Å². The van der Waals surface area contributed by atoms with Crippen LogP contribution in [0.25, 0.3) is 11.0 Å². The molecule has 0 spiro atoms. The van der Waals surface area contributed by atoms with Crippen molar-refractivity contribution in [3.8, 4) is 0 Å². The van der Waals surface area contributed by atoms with Crippen LogP contribution in [0, 0.1) is 0 Å². The van der Waals surface area contributed by atoms with Gasteiger partial charge in [-0.2, -0.15) is 5.10 Å². The standard InChI is InChI=1S/C6H4N4O/c11-6-5-4(7-3-8-6)1-2-9-10-5/h1-3H,(H,7,8,11). The molecule has 0 saturated heterocycles. The third-order valence-electron chi connectivity index (χ3n) is 1.31. The van der Waals surface area contributed by atoms with Gasteiger partial charge in [0.1, 0.15) is 0 Å². The molecule has 2 aromatic rings. The fourth-order valence-corrected chi connectivity index (χ4v) is 0.820. The highest BCUT2D eigenvalue weighted by Crippen LogP contribution is 1.96. The number of fused-ring (bicyclic) bond motifs is 1.